The number of thioether (sulfide) groups is 1. The summed E-state index contributed by atoms with van der Waals surface area (Å²) in [7, 11) is 0. The van der Waals surface area contributed by atoms with Crippen LogP contribution in [0.3, 0.4) is 0 Å². The van der Waals surface area contributed by atoms with Crippen LogP contribution >= 0.6 is 34.7 Å². The van der Waals surface area contributed by atoms with Crippen molar-refractivity contribution in [3.63, 3.8) is 0 Å². The highest BCUT2D eigenvalue weighted by molar-refractivity contribution is 7.99. The van der Waals surface area contributed by atoms with E-state index >= 15 is 0 Å². The summed E-state index contributed by atoms with van der Waals surface area (Å²) in [4.78, 5) is 28.5. The van der Waals surface area contributed by atoms with Crippen LogP contribution in [0.5, 0.6) is 0 Å². The second kappa shape index (κ2) is 12.1. The van der Waals surface area contributed by atoms with E-state index in [1.54, 1.807) is 16.7 Å². The molecule has 38 heavy (non-hydrogen) atoms. The number of anilines is 2. The molecular weight excluding hydrogens is 536 g/mol. The molecule has 9 heteroatoms. The van der Waals surface area contributed by atoms with E-state index < -0.39 is 0 Å². The number of amides is 2. The molecule has 4 aromatic rings. The normalized spacial score (nSPS) is 15.2. The van der Waals surface area contributed by atoms with Crippen molar-refractivity contribution in [2.75, 3.05) is 22.5 Å². The fourth-order valence-electron chi connectivity index (χ4n) is 4.37. The minimum Gasteiger partial charge on any atom is -0.312 e. The molecular formula is C29H27ClN4O2S2. The van der Waals surface area contributed by atoms with Gasteiger partial charge in [0.25, 0.3) is 5.91 Å². The maximum absolute atomic E-state index is 13.1. The summed E-state index contributed by atoms with van der Waals surface area (Å²) in [6.45, 7) is 2.43. The Morgan fingerprint density at radius 2 is 1.89 bits per heavy atom. The minimum absolute atomic E-state index is 0.0221. The molecule has 5 rings (SSSR count). The SMILES string of the molecule is Cc1ccc(N2CC(c3nnc(NC(=O)c4ccccc4SCCCc4ccccc4)s3)CC2=O)cc1Cl. The molecule has 0 bridgehead atoms. The first-order chi connectivity index (χ1) is 18.5. The molecule has 0 saturated carbocycles. The Hall–Kier alpha value is -3.20. The highest BCUT2D eigenvalue weighted by atomic mass is 35.5. The van der Waals surface area contributed by atoms with Crippen molar-refractivity contribution in [1.29, 1.82) is 0 Å². The van der Waals surface area contributed by atoms with Crippen LogP contribution in [-0.2, 0) is 11.2 Å². The first kappa shape index (κ1) is 26.4. The van der Waals surface area contributed by atoms with Gasteiger partial charge in [0.1, 0.15) is 5.01 Å². The van der Waals surface area contributed by atoms with E-state index in [9.17, 15) is 9.59 Å². The Kier molecular flexibility index (Phi) is 8.42. The fourth-order valence-corrected chi connectivity index (χ4v) is 6.37. The van der Waals surface area contributed by atoms with Crippen molar-refractivity contribution in [3.8, 4) is 0 Å². The molecule has 1 N–H and O–H groups in total. The van der Waals surface area contributed by atoms with E-state index in [-0.39, 0.29) is 17.7 Å². The Morgan fingerprint density at radius 1 is 1.11 bits per heavy atom. The van der Waals surface area contributed by atoms with Crippen LogP contribution in [0.1, 0.15) is 45.3 Å². The van der Waals surface area contributed by atoms with E-state index in [0.29, 0.717) is 28.7 Å². The second-order valence-corrected chi connectivity index (χ2v) is 11.7. The molecule has 1 aromatic heterocycles. The first-order valence-electron chi connectivity index (χ1n) is 12.4. The number of carbonyl (C=O) groups is 2. The third kappa shape index (κ3) is 6.26. The van der Waals surface area contributed by atoms with E-state index in [4.69, 9.17) is 11.6 Å². The summed E-state index contributed by atoms with van der Waals surface area (Å²) in [6.07, 6.45) is 2.38. The van der Waals surface area contributed by atoms with Crippen molar-refractivity contribution in [3.05, 3.63) is 99.5 Å². The molecule has 0 radical (unpaired) electrons. The van der Waals surface area contributed by atoms with Crippen LogP contribution in [0, 0.1) is 6.92 Å². The number of carbonyl (C=O) groups excluding carboxylic acids is 2. The van der Waals surface area contributed by atoms with Gasteiger partial charge >= 0.3 is 0 Å². The zero-order chi connectivity index (χ0) is 26.5. The zero-order valence-electron chi connectivity index (χ0n) is 20.9. The van der Waals surface area contributed by atoms with Gasteiger partial charge in [0.05, 0.1) is 5.56 Å². The largest absolute Gasteiger partial charge is 0.312 e. The lowest BCUT2D eigenvalue weighted by molar-refractivity contribution is -0.117. The number of halogens is 1. The third-order valence-electron chi connectivity index (χ3n) is 6.44. The molecule has 1 aliphatic heterocycles. The van der Waals surface area contributed by atoms with Gasteiger partial charge in [-0.3, -0.25) is 14.9 Å². The topological polar surface area (TPSA) is 75.2 Å². The van der Waals surface area contributed by atoms with Crippen molar-refractivity contribution >= 4 is 57.3 Å². The van der Waals surface area contributed by atoms with Gasteiger partial charge in [-0.15, -0.1) is 22.0 Å². The Bertz CT molecular complexity index is 1440. The van der Waals surface area contributed by atoms with Crippen LogP contribution in [0.4, 0.5) is 10.8 Å². The van der Waals surface area contributed by atoms with Gasteiger partial charge in [0.15, 0.2) is 0 Å². The van der Waals surface area contributed by atoms with E-state index in [2.05, 4.69) is 39.8 Å². The Balaban J connectivity index is 1.19. The van der Waals surface area contributed by atoms with Gasteiger partial charge in [0, 0.05) is 34.5 Å². The van der Waals surface area contributed by atoms with Gasteiger partial charge in [-0.1, -0.05) is 71.5 Å². The molecule has 0 spiro atoms. The maximum atomic E-state index is 13.1. The standard InChI is InChI=1S/C29H27ClN4O2S2/c1-19-13-14-22(17-24(19)30)34-18-21(16-26(34)35)28-32-33-29(38-28)31-27(36)23-11-5-6-12-25(23)37-15-7-10-20-8-3-2-4-9-20/h2-6,8-9,11-14,17,21H,7,10,15-16,18H2,1H3,(H,31,33,36). The number of hydrogen-bond acceptors (Lipinski definition) is 6. The van der Waals surface area contributed by atoms with Gasteiger partial charge in [-0.25, -0.2) is 0 Å². The highest BCUT2D eigenvalue weighted by Crippen LogP contribution is 2.35. The summed E-state index contributed by atoms with van der Waals surface area (Å²) < 4.78 is 0. The second-order valence-electron chi connectivity index (χ2n) is 9.17. The summed E-state index contributed by atoms with van der Waals surface area (Å²) in [5, 5.41) is 13.2. The van der Waals surface area contributed by atoms with Crippen molar-refractivity contribution < 1.29 is 9.59 Å². The average molecular weight is 563 g/mol. The quantitative estimate of drug-likeness (QED) is 0.176. The Morgan fingerprint density at radius 3 is 2.71 bits per heavy atom. The summed E-state index contributed by atoms with van der Waals surface area (Å²) in [5.74, 6) is 0.643. The van der Waals surface area contributed by atoms with Crippen molar-refractivity contribution in [2.45, 2.75) is 37.0 Å². The smallest absolute Gasteiger partial charge is 0.258 e. The molecule has 194 valence electrons. The monoisotopic (exact) mass is 562 g/mol. The number of rotatable bonds is 9. The van der Waals surface area contributed by atoms with E-state index in [0.717, 1.165) is 39.7 Å². The summed E-state index contributed by atoms with van der Waals surface area (Å²) in [6, 6.07) is 23.7. The summed E-state index contributed by atoms with van der Waals surface area (Å²) in [5.41, 5.74) is 3.69. The zero-order valence-corrected chi connectivity index (χ0v) is 23.3. The first-order valence-corrected chi connectivity index (χ1v) is 14.6. The van der Waals surface area contributed by atoms with Gasteiger partial charge < -0.3 is 4.90 Å². The minimum atomic E-state index is -0.211. The third-order valence-corrected chi connectivity index (χ3v) is 9.01. The average Bonchev–Trinajstić information content (AvgIpc) is 3.55. The number of nitrogens with one attached hydrogen (secondary N) is 1. The lowest BCUT2D eigenvalue weighted by Crippen LogP contribution is -2.24. The van der Waals surface area contributed by atoms with Crippen molar-refractivity contribution in [1.82, 2.24) is 10.2 Å². The molecule has 2 amide bonds. The highest BCUT2D eigenvalue weighted by Gasteiger charge is 2.34. The molecule has 6 nitrogen and oxygen atoms in total. The van der Waals surface area contributed by atoms with Crippen LogP contribution in [0.2, 0.25) is 5.02 Å². The van der Waals surface area contributed by atoms with E-state index in [1.165, 1.54) is 16.9 Å². The van der Waals surface area contributed by atoms with Crippen LogP contribution in [-0.4, -0.2) is 34.3 Å². The molecule has 1 unspecified atom stereocenters. The number of benzene rings is 3. The number of hydrogen-bond donors (Lipinski definition) is 1. The molecule has 1 fully saturated rings. The number of nitrogens with zero attached hydrogens (tertiary/aromatic N) is 3. The number of aryl methyl sites for hydroxylation is 2. The van der Waals surface area contributed by atoms with Gasteiger partial charge in [0.2, 0.25) is 11.0 Å². The molecule has 3 aromatic carbocycles. The summed E-state index contributed by atoms with van der Waals surface area (Å²) >= 11 is 9.27. The molecule has 1 aliphatic rings. The molecule has 1 saturated heterocycles. The van der Waals surface area contributed by atoms with Crippen LogP contribution in [0.25, 0.3) is 0 Å². The van der Waals surface area contributed by atoms with E-state index in [1.807, 2.05) is 55.5 Å². The lowest BCUT2D eigenvalue weighted by atomic mass is 10.1. The predicted octanol–water partition coefficient (Wildman–Crippen LogP) is 7.00. The number of aromatic nitrogens is 2. The van der Waals surface area contributed by atoms with Crippen LogP contribution in [0.15, 0.2) is 77.7 Å². The van der Waals surface area contributed by atoms with Crippen molar-refractivity contribution in [2.24, 2.45) is 0 Å². The predicted molar refractivity (Wildman–Crippen MR) is 156 cm³/mol. The molecule has 0 aliphatic carbocycles. The molecule has 1 atom stereocenters. The van der Waals surface area contributed by atoms with Gasteiger partial charge in [-0.2, -0.15) is 0 Å². The Labute approximate surface area is 235 Å². The lowest BCUT2D eigenvalue weighted by Gasteiger charge is -2.17. The van der Waals surface area contributed by atoms with Crippen LogP contribution < -0.4 is 10.2 Å². The van der Waals surface area contributed by atoms with Gasteiger partial charge in [-0.05, 0) is 60.9 Å². The molecule has 2 heterocycles. The maximum Gasteiger partial charge on any atom is 0.258 e. The fraction of sp³-hybridized carbons (Fsp3) is 0.241.